The minimum absolute atomic E-state index is 0.0132. The van der Waals surface area contributed by atoms with E-state index in [9.17, 15) is 18.0 Å². The van der Waals surface area contributed by atoms with Gasteiger partial charge in [0.25, 0.3) is 0 Å². The third-order valence-corrected chi connectivity index (χ3v) is 2.87. The van der Waals surface area contributed by atoms with Crippen LogP contribution in [0.1, 0.15) is 27.4 Å². The molecule has 0 atom stereocenters. The first kappa shape index (κ1) is 15.4. The first-order valence-corrected chi connectivity index (χ1v) is 6.24. The van der Waals surface area contributed by atoms with Crippen molar-refractivity contribution in [2.45, 2.75) is 19.7 Å². The van der Waals surface area contributed by atoms with E-state index in [0.717, 1.165) is 6.07 Å². The molecule has 0 fully saturated rings. The summed E-state index contributed by atoms with van der Waals surface area (Å²) >= 11 is 5.70. The molecule has 1 heterocycles. The number of aryl methyl sites for hydroxylation is 1. The Bertz CT molecular complexity index is 644. The van der Waals surface area contributed by atoms with E-state index in [2.05, 4.69) is 4.42 Å². The fraction of sp³-hybridized carbons (Fsp3) is 0.214. The highest BCUT2D eigenvalue weighted by molar-refractivity contribution is 6.30. The Kier molecular flexibility index (Phi) is 4.27. The number of alkyl halides is 3. The number of ether oxygens (including phenoxy) is 1. The van der Waals surface area contributed by atoms with Crippen LogP contribution < -0.4 is 0 Å². The number of hydrogen-bond donors (Lipinski definition) is 0. The van der Waals surface area contributed by atoms with Gasteiger partial charge in [-0.3, -0.25) is 0 Å². The lowest BCUT2D eigenvalue weighted by molar-refractivity contribution is -0.153. The Morgan fingerprint density at radius 3 is 2.48 bits per heavy atom. The molecule has 0 unspecified atom stereocenters. The van der Waals surface area contributed by atoms with Gasteiger partial charge in [-0.05, 0) is 30.7 Å². The van der Waals surface area contributed by atoms with E-state index in [1.54, 1.807) is 24.3 Å². The maximum absolute atomic E-state index is 12.7. The largest absolute Gasteiger partial charge is 0.457 e. The van der Waals surface area contributed by atoms with Crippen LogP contribution in [0.5, 0.6) is 0 Å². The first-order valence-electron chi connectivity index (χ1n) is 5.86. The van der Waals surface area contributed by atoms with E-state index in [4.69, 9.17) is 16.3 Å². The predicted octanol–water partition coefficient (Wildman–Crippen LogP) is 4.62. The highest BCUT2D eigenvalue weighted by atomic mass is 35.5. The van der Waals surface area contributed by atoms with Gasteiger partial charge < -0.3 is 9.15 Å². The topological polar surface area (TPSA) is 39.4 Å². The van der Waals surface area contributed by atoms with Crippen LogP contribution in [0, 0.1) is 6.92 Å². The van der Waals surface area contributed by atoms with Gasteiger partial charge in [-0.15, -0.1) is 0 Å². The molecule has 21 heavy (non-hydrogen) atoms. The first-order chi connectivity index (χ1) is 9.77. The van der Waals surface area contributed by atoms with E-state index in [1.165, 1.54) is 6.92 Å². The van der Waals surface area contributed by atoms with Crippen molar-refractivity contribution < 1.29 is 27.1 Å². The molecule has 1 aromatic carbocycles. The van der Waals surface area contributed by atoms with Crippen LogP contribution in [-0.4, -0.2) is 5.97 Å². The standard InChI is InChI=1S/C14H10ClF3O3/c1-8-6-11(12(21-8)14(16,17)18)13(19)20-7-9-2-4-10(15)5-3-9/h2-6H,7H2,1H3. The Labute approximate surface area is 123 Å². The van der Waals surface area contributed by atoms with Gasteiger partial charge >= 0.3 is 12.1 Å². The molecule has 0 aliphatic carbocycles. The number of furan rings is 1. The van der Waals surface area contributed by atoms with Crippen molar-refractivity contribution in [3.63, 3.8) is 0 Å². The van der Waals surface area contributed by atoms with Crippen molar-refractivity contribution >= 4 is 17.6 Å². The lowest BCUT2D eigenvalue weighted by Crippen LogP contribution is -2.12. The SMILES string of the molecule is Cc1cc(C(=O)OCc2ccc(Cl)cc2)c(C(F)(F)F)o1. The molecular weight excluding hydrogens is 309 g/mol. The van der Waals surface area contributed by atoms with Crippen LogP contribution in [-0.2, 0) is 17.5 Å². The van der Waals surface area contributed by atoms with Gasteiger partial charge in [0.2, 0.25) is 5.76 Å². The minimum Gasteiger partial charge on any atom is -0.457 e. The number of esters is 1. The van der Waals surface area contributed by atoms with Gasteiger partial charge in [0.05, 0.1) is 0 Å². The zero-order valence-corrected chi connectivity index (χ0v) is 11.6. The summed E-state index contributed by atoms with van der Waals surface area (Å²) in [5.74, 6) is -2.45. The number of hydrogen-bond acceptors (Lipinski definition) is 3. The second kappa shape index (κ2) is 5.81. The maximum atomic E-state index is 12.7. The summed E-state index contributed by atoms with van der Waals surface area (Å²) in [4.78, 5) is 11.8. The quantitative estimate of drug-likeness (QED) is 0.775. The van der Waals surface area contributed by atoms with Crippen LogP contribution >= 0.6 is 11.6 Å². The van der Waals surface area contributed by atoms with Crippen LogP contribution in [0.3, 0.4) is 0 Å². The lowest BCUT2D eigenvalue weighted by atomic mass is 10.2. The highest BCUT2D eigenvalue weighted by Crippen LogP contribution is 2.34. The number of carbonyl (C=O) groups is 1. The lowest BCUT2D eigenvalue weighted by Gasteiger charge is -2.07. The van der Waals surface area contributed by atoms with Crippen molar-refractivity contribution in [3.05, 3.63) is 58.0 Å². The summed E-state index contributed by atoms with van der Waals surface area (Å²) in [7, 11) is 0. The molecular formula is C14H10ClF3O3. The summed E-state index contributed by atoms with van der Waals surface area (Å²) in [5.41, 5.74) is -0.0181. The zero-order valence-electron chi connectivity index (χ0n) is 10.8. The molecule has 1 aromatic heterocycles. The number of rotatable bonds is 3. The van der Waals surface area contributed by atoms with Crippen molar-refractivity contribution in [2.24, 2.45) is 0 Å². The van der Waals surface area contributed by atoms with Gasteiger partial charge in [-0.25, -0.2) is 4.79 Å². The van der Waals surface area contributed by atoms with Crippen molar-refractivity contribution in [3.8, 4) is 0 Å². The molecule has 0 bridgehead atoms. The Morgan fingerprint density at radius 1 is 1.29 bits per heavy atom. The van der Waals surface area contributed by atoms with Gasteiger partial charge in [0, 0.05) is 5.02 Å². The molecule has 0 aliphatic heterocycles. The molecule has 0 saturated carbocycles. The molecule has 0 saturated heterocycles. The Hall–Kier alpha value is -1.95. The summed E-state index contributed by atoms with van der Waals surface area (Å²) in [6.45, 7) is 1.17. The Morgan fingerprint density at radius 2 is 1.90 bits per heavy atom. The van der Waals surface area contributed by atoms with Crippen LogP contribution in [0.4, 0.5) is 13.2 Å². The molecule has 7 heteroatoms. The van der Waals surface area contributed by atoms with Gasteiger partial charge in [-0.1, -0.05) is 23.7 Å². The molecule has 0 spiro atoms. The fourth-order valence-corrected chi connectivity index (χ4v) is 1.81. The molecule has 0 radical (unpaired) electrons. The summed E-state index contributed by atoms with van der Waals surface area (Å²) in [6, 6.07) is 7.41. The van der Waals surface area contributed by atoms with Gasteiger partial charge in [0.1, 0.15) is 17.9 Å². The second-order valence-corrected chi connectivity index (χ2v) is 4.74. The summed E-state index contributed by atoms with van der Waals surface area (Å²) < 4.78 is 47.5. The Balaban J connectivity index is 2.12. The van der Waals surface area contributed by atoms with Crippen molar-refractivity contribution in [1.29, 1.82) is 0 Å². The van der Waals surface area contributed by atoms with Crippen LogP contribution in [0.25, 0.3) is 0 Å². The fourth-order valence-electron chi connectivity index (χ4n) is 1.68. The average molecular weight is 319 g/mol. The summed E-state index contributed by atoms with van der Waals surface area (Å²) in [6.07, 6.45) is -4.75. The van der Waals surface area contributed by atoms with E-state index < -0.39 is 23.5 Å². The monoisotopic (exact) mass is 318 g/mol. The third-order valence-electron chi connectivity index (χ3n) is 2.62. The second-order valence-electron chi connectivity index (χ2n) is 4.30. The smallest absolute Gasteiger partial charge is 0.450 e. The normalized spacial score (nSPS) is 11.5. The average Bonchev–Trinajstić information content (AvgIpc) is 2.80. The summed E-state index contributed by atoms with van der Waals surface area (Å²) in [5, 5.41) is 0.509. The van der Waals surface area contributed by atoms with E-state index in [-0.39, 0.29) is 12.4 Å². The van der Waals surface area contributed by atoms with E-state index in [1.807, 2.05) is 0 Å². The number of benzene rings is 1. The highest BCUT2D eigenvalue weighted by Gasteiger charge is 2.40. The number of carbonyl (C=O) groups excluding carboxylic acids is 1. The molecule has 0 amide bonds. The van der Waals surface area contributed by atoms with Gasteiger partial charge in [-0.2, -0.15) is 13.2 Å². The molecule has 112 valence electrons. The minimum atomic E-state index is -4.75. The zero-order chi connectivity index (χ0) is 15.6. The van der Waals surface area contributed by atoms with Crippen LogP contribution in [0.15, 0.2) is 34.7 Å². The molecule has 0 aliphatic rings. The van der Waals surface area contributed by atoms with Crippen molar-refractivity contribution in [2.75, 3.05) is 0 Å². The predicted molar refractivity (Wildman–Crippen MR) is 69.0 cm³/mol. The molecule has 0 N–H and O–H groups in total. The third kappa shape index (κ3) is 3.78. The molecule has 3 nitrogen and oxygen atoms in total. The van der Waals surface area contributed by atoms with Crippen molar-refractivity contribution in [1.82, 2.24) is 0 Å². The van der Waals surface area contributed by atoms with E-state index in [0.29, 0.717) is 10.6 Å². The van der Waals surface area contributed by atoms with Gasteiger partial charge in [0.15, 0.2) is 0 Å². The maximum Gasteiger partial charge on any atom is 0.450 e. The number of halogens is 4. The molecule has 2 aromatic rings. The molecule has 2 rings (SSSR count). The van der Waals surface area contributed by atoms with Crippen LogP contribution in [0.2, 0.25) is 5.02 Å². The van der Waals surface area contributed by atoms with E-state index >= 15 is 0 Å².